The second-order valence-electron chi connectivity index (χ2n) is 7.96. The van der Waals surface area contributed by atoms with Gasteiger partial charge in [-0.15, -0.1) is 0 Å². The van der Waals surface area contributed by atoms with Crippen molar-refractivity contribution >= 4 is 45.2 Å². The Morgan fingerprint density at radius 3 is 1.89 bits per heavy atom. The molecule has 8 nitrogen and oxygen atoms in total. The lowest BCUT2D eigenvalue weighted by Crippen LogP contribution is -2.12. The van der Waals surface area contributed by atoms with Crippen LogP contribution in [0.5, 0.6) is 0 Å². The van der Waals surface area contributed by atoms with Crippen molar-refractivity contribution in [3.05, 3.63) is 107 Å². The van der Waals surface area contributed by atoms with E-state index in [1.54, 1.807) is 55.5 Å². The van der Waals surface area contributed by atoms with Crippen molar-refractivity contribution in [3.8, 4) is 0 Å². The van der Waals surface area contributed by atoms with Crippen LogP contribution in [0.15, 0.2) is 78.3 Å². The van der Waals surface area contributed by atoms with E-state index in [4.69, 9.17) is 10.2 Å². The molecular formula is C27H23NO7S. The Hall–Kier alpha value is -4.50. The molecule has 0 saturated carbocycles. The summed E-state index contributed by atoms with van der Waals surface area (Å²) in [6.45, 7) is 7.28. The maximum absolute atomic E-state index is 12.9. The monoisotopic (exact) mass is 505 g/mol. The molecule has 0 atom stereocenters. The van der Waals surface area contributed by atoms with Gasteiger partial charge in [0.2, 0.25) is 0 Å². The summed E-state index contributed by atoms with van der Waals surface area (Å²) in [5.74, 6) is -2.24. The number of aromatic nitrogens is 1. The molecule has 0 saturated heterocycles. The largest absolute Gasteiger partial charge is 0.478 e. The number of hydrogen-bond acceptors (Lipinski definition) is 5. The van der Waals surface area contributed by atoms with Crippen LogP contribution in [0.3, 0.4) is 0 Å². The Labute approximate surface area is 207 Å². The number of hydrogen-bond donors (Lipinski definition) is 2. The summed E-state index contributed by atoms with van der Waals surface area (Å²) in [6, 6.07) is 15.6. The van der Waals surface area contributed by atoms with Gasteiger partial charge in [0.1, 0.15) is 0 Å². The highest BCUT2D eigenvalue weighted by molar-refractivity contribution is 7.90. The molecule has 3 aromatic carbocycles. The molecule has 4 rings (SSSR count). The summed E-state index contributed by atoms with van der Waals surface area (Å²) in [7, 11) is -3.74. The van der Waals surface area contributed by atoms with Crippen molar-refractivity contribution in [2.24, 2.45) is 0 Å². The number of carboxylic acids is 2. The molecule has 0 bridgehead atoms. The fourth-order valence-corrected chi connectivity index (χ4v) is 4.97. The number of aryl methyl sites for hydroxylation is 2. The number of nitrogens with zero attached hydrogens (tertiary/aromatic N) is 1. The Bertz CT molecular complexity index is 1570. The summed E-state index contributed by atoms with van der Waals surface area (Å²) in [4.78, 5) is 32.5. The van der Waals surface area contributed by atoms with Crippen LogP contribution < -0.4 is 0 Å². The third-order valence-corrected chi connectivity index (χ3v) is 7.06. The average molecular weight is 506 g/mol. The van der Waals surface area contributed by atoms with E-state index in [1.165, 1.54) is 22.3 Å². The summed E-state index contributed by atoms with van der Waals surface area (Å²) in [5, 5.41) is 17.8. The van der Waals surface area contributed by atoms with Gasteiger partial charge in [-0.25, -0.2) is 22.0 Å². The van der Waals surface area contributed by atoms with Crippen LogP contribution >= 0.6 is 0 Å². The Morgan fingerprint density at radius 2 is 1.39 bits per heavy atom. The van der Waals surface area contributed by atoms with Gasteiger partial charge < -0.3 is 10.2 Å². The van der Waals surface area contributed by atoms with Gasteiger partial charge in [-0.1, -0.05) is 42.5 Å². The van der Waals surface area contributed by atoms with E-state index < -0.39 is 22.0 Å². The van der Waals surface area contributed by atoms with E-state index >= 15 is 0 Å². The highest BCUT2D eigenvalue weighted by atomic mass is 32.2. The van der Waals surface area contributed by atoms with Crippen LogP contribution in [0, 0.1) is 13.8 Å². The Kier molecular flexibility index (Phi) is 7.55. The smallest absolute Gasteiger partial charge is 0.335 e. The lowest BCUT2D eigenvalue weighted by atomic mass is 10.1. The van der Waals surface area contributed by atoms with E-state index in [9.17, 15) is 22.8 Å². The summed E-state index contributed by atoms with van der Waals surface area (Å²) < 4.78 is 27.1. The number of carbonyl (C=O) groups is 3. The van der Waals surface area contributed by atoms with Crippen molar-refractivity contribution in [2.45, 2.75) is 18.7 Å². The minimum atomic E-state index is -3.74. The number of benzene rings is 3. The molecule has 36 heavy (non-hydrogen) atoms. The standard InChI is InChI=1S/C18H15NO3S.C9H8O4/c1-3-14-6-7-15(12-20)17-10-11-19(18(14)17)23(21,22)16-8-4-13(2)5-9-16;1-5-2-6(8(10)11)4-7(3-5)9(12)13/h3-12H,1H2,2H3;2-4H,1H3,(H,10,11)(H,12,13). The molecule has 0 spiro atoms. The van der Waals surface area contributed by atoms with Gasteiger partial charge in [0.25, 0.3) is 10.0 Å². The van der Waals surface area contributed by atoms with E-state index in [-0.39, 0.29) is 16.0 Å². The first-order valence-corrected chi connectivity index (χ1v) is 12.1. The van der Waals surface area contributed by atoms with Crippen molar-refractivity contribution in [1.82, 2.24) is 3.97 Å². The molecule has 0 aliphatic rings. The van der Waals surface area contributed by atoms with Crippen molar-refractivity contribution in [1.29, 1.82) is 0 Å². The minimum absolute atomic E-state index is 0.00241. The molecular weight excluding hydrogens is 482 g/mol. The van der Waals surface area contributed by atoms with E-state index in [1.807, 2.05) is 6.92 Å². The van der Waals surface area contributed by atoms with Crippen molar-refractivity contribution in [2.75, 3.05) is 0 Å². The second kappa shape index (κ2) is 10.4. The normalized spacial score (nSPS) is 10.8. The van der Waals surface area contributed by atoms with Crippen LogP contribution in [-0.4, -0.2) is 40.8 Å². The van der Waals surface area contributed by atoms with E-state index in [2.05, 4.69) is 6.58 Å². The van der Waals surface area contributed by atoms with Gasteiger partial charge in [0.05, 0.1) is 21.5 Å². The zero-order valence-corrected chi connectivity index (χ0v) is 20.3. The zero-order valence-electron chi connectivity index (χ0n) is 19.5. The van der Waals surface area contributed by atoms with Crippen molar-refractivity contribution in [3.63, 3.8) is 0 Å². The third kappa shape index (κ3) is 5.26. The van der Waals surface area contributed by atoms with Crippen LogP contribution in [0.25, 0.3) is 17.0 Å². The van der Waals surface area contributed by atoms with Gasteiger partial charge in [-0.3, -0.25) is 4.79 Å². The van der Waals surface area contributed by atoms with Gasteiger partial charge in [-0.05, 0) is 61.4 Å². The summed E-state index contributed by atoms with van der Waals surface area (Å²) in [5.41, 5.74) is 3.17. The maximum Gasteiger partial charge on any atom is 0.335 e. The SMILES string of the molecule is C=Cc1ccc(C=O)c2ccn(S(=O)(=O)c3ccc(C)cc3)c12.Cc1cc(C(=O)O)cc(C(=O)O)c1. The fraction of sp³-hybridized carbons (Fsp3) is 0.0741. The highest BCUT2D eigenvalue weighted by Crippen LogP contribution is 2.28. The van der Waals surface area contributed by atoms with Crippen LogP contribution in [-0.2, 0) is 10.0 Å². The molecule has 184 valence electrons. The van der Waals surface area contributed by atoms with Gasteiger partial charge in [-0.2, -0.15) is 0 Å². The molecule has 0 amide bonds. The van der Waals surface area contributed by atoms with E-state index in [0.717, 1.165) is 17.9 Å². The number of carbonyl (C=O) groups excluding carboxylic acids is 1. The first-order chi connectivity index (χ1) is 17.0. The molecule has 9 heteroatoms. The topological polar surface area (TPSA) is 131 Å². The molecule has 0 unspecified atom stereocenters. The van der Waals surface area contributed by atoms with Crippen LogP contribution in [0.4, 0.5) is 0 Å². The molecule has 2 N–H and O–H groups in total. The second-order valence-corrected chi connectivity index (χ2v) is 9.77. The lowest BCUT2D eigenvalue weighted by Gasteiger charge is -2.10. The molecule has 1 aromatic heterocycles. The summed E-state index contributed by atoms with van der Waals surface area (Å²) in [6.07, 6.45) is 3.77. The number of carboxylic acid groups (broad SMARTS) is 2. The molecule has 0 aliphatic carbocycles. The Balaban J connectivity index is 0.000000236. The highest BCUT2D eigenvalue weighted by Gasteiger charge is 2.21. The van der Waals surface area contributed by atoms with Crippen molar-refractivity contribution < 1.29 is 33.0 Å². The molecule has 0 fully saturated rings. The third-order valence-electron chi connectivity index (χ3n) is 5.37. The predicted octanol–water partition coefficient (Wildman–Crippen LogP) is 5.03. The first kappa shape index (κ1) is 26.1. The number of aromatic carboxylic acids is 2. The molecule has 0 aliphatic heterocycles. The lowest BCUT2D eigenvalue weighted by molar-refractivity contribution is 0.0696. The average Bonchev–Trinajstić information content (AvgIpc) is 3.30. The molecule has 1 heterocycles. The predicted molar refractivity (Wildman–Crippen MR) is 136 cm³/mol. The Morgan fingerprint density at radius 1 is 0.833 bits per heavy atom. The number of rotatable bonds is 6. The number of aldehydes is 1. The van der Waals surface area contributed by atoms with Gasteiger partial charge in [0, 0.05) is 17.1 Å². The summed E-state index contributed by atoms with van der Waals surface area (Å²) >= 11 is 0. The molecule has 4 aromatic rings. The first-order valence-electron chi connectivity index (χ1n) is 10.6. The quantitative estimate of drug-likeness (QED) is 0.351. The van der Waals surface area contributed by atoms with E-state index in [0.29, 0.717) is 27.6 Å². The molecule has 0 radical (unpaired) electrons. The zero-order chi connectivity index (χ0) is 26.6. The van der Waals surface area contributed by atoms with Crippen LogP contribution in [0.2, 0.25) is 0 Å². The minimum Gasteiger partial charge on any atom is -0.478 e. The van der Waals surface area contributed by atoms with Crippen LogP contribution in [0.1, 0.15) is 47.8 Å². The fourth-order valence-electron chi connectivity index (χ4n) is 3.60. The maximum atomic E-state index is 12.9. The van der Waals surface area contributed by atoms with Gasteiger partial charge >= 0.3 is 11.9 Å². The number of fused-ring (bicyclic) bond motifs is 1. The van der Waals surface area contributed by atoms with Gasteiger partial charge in [0.15, 0.2) is 6.29 Å².